The van der Waals surface area contributed by atoms with Crippen LogP contribution in [-0.4, -0.2) is 38.8 Å². The van der Waals surface area contributed by atoms with E-state index in [1.807, 2.05) is 36.9 Å². The summed E-state index contributed by atoms with van der Waals surface area (Å²) in [6.07, 6.45) is 5.11. The highest BCUT2D eigenvalue weighted by Crippen LogP contribution is 2.30. The zero-order chi connectivity index (χ0) is 21.8. The Labute approximate surface area is 181 Å². The first-order chi connectivity index (χ1) is 15.0. The Hall–Kier alpha value is -3.35. The fourth-order valence-corrected chi connectivity index (χ4v) is 3.81. The SMILES string of the molecule is CC(C)C(=O)N1CCC(c2nc(Nc3cccc(F)c3)cc(-c3cccnc3)n2)CC1. The van der Waals surface area contributed by atoms with Crippen LogP contribution >= 0.6 is 0 Å². The molecule has 0 radical (unpaired) electrons. The van der Waals surface area contributed by atoms with E-state index < -0.39 is 0 Å². The standard InChI is InChI=1S/C24H26FN5O/c1-16(2)24(31)30-11-8-17(9-12-30)23-28-21(18-5-4-10-26-15-18)14-22(29-23)27-20-7-3-6-19(25)13-20/h3-7,10,13-17H,8-9,11-12H2,1-2H3,(H,27,28,29). The van der Waals surface area contributed by atoms with Crippen LogP contribution in [0.3, 0.4) is 0 Å². The van der Waals surface area contributed by atoms with Gasteiger partial charge in [-0.25, -0.2) is 14.4 Å². The van der Waals surface area contributed by atoms with Crippen LogP contribution in [0.1, 0.15) is 38.4 Å². The van der Waals surface area contributed by atoms with Gasteiger partial charge in [0.05, 0.1) is 5.69 Å². The molecule has 2 aromatic heterocycles. The number of nitrogens with zero attached hydrogens (tertiary/aromatic N) is 4. The first kappa shape index (κ1) is 20.9. The molecule has 31 heavy (non-hydrogen) atoms. The van der Waals surface area contributed by atoms with Crippen molar-refractivity contribution in [2.45, 2.75) is 32.6 Å². The lowest BCUT2D eigenvalue weighted by atomic mass is 9.95. The summed E-state index contributed by atoms with van der Waals surface area (Å²) in [7, 11) is 0. The molecular weight excluding hydrogens is 393 g/mol. The summed E-state index contributed by atoms with van der Waals surface area (Å²) < 4.78 is 13.6. The predicted molar refractivity (Wildman–Crippen MR) is 118 cm³/mol. The molecule has 1 aliphatic heterocycles. The summed E-state index contributed by atoms with van der Waals surface area (Å²) in [5.41, 5.74) is 2.28. The summed E-state index contributed by atoms with van der Waals surface area (Å²) in [6, 6.07) is 12.0. The number of benzene rings is 1. The van der Waals surface area contributed by atoms with E-state index in [9.17, 15) is 9.18 Å². The molecule has 7 heteroatoms. The Bertz CT molecular complexity index is 1050. The van der Waals surface area contributed by atoms with Crippen LogP contribution in [0, 0.1) is 11.7 Å². The highest BCUT2D eigenvalue weighted by Gasteiger charge is 2.27. The molecule has 0 aliphatic carbocycles. The topological polar surface area (TPSA) is 71.0 Å². The number of piperidine rings is 1. The molecule has 0 unspecified atom stereocenters. The Kier molecular flexibility index (Phi) is 6.21. The van der Waals surface area contributed by atoms with Gasteiger partial charge in [0.2, 0.25) is 5.91 Å². The molecule has 1 amide bonds. The smallest absolute Gasteiger partial charge is 0.225 e. The van der Waals surface area contributed by atoms with E-state index in [4.69, 9.17) is 9.97 Å². The first-order valence-electron chi connectivity index (χ1n) is 10.6. The molecule has 4 rings (SSSR count). The van der Waals surface area contributed by atoms with Crippen molar-refractivity contribution in [1.29, 1.82) is 0 Å². The third kappa shape index (κ3) is 5.05. The minimum atomic E-state index is -0.311. The second-order valence-corrected chi connectivity index (χ2v) is 8.13. The lowest BCUT2D eigenvalue weighted by Crippen LogP contribution is -2.40. The fraction of sp³-hybridized carbons (Fsp3) is 0.333. The highest BCUT2D eigenvalue weighted by molar-refractivity contribution is 5.78. The van der Waals surface area contributed by atoms with Crippen LogP contribution < -0.4 is 5.32 Å². The van der Waals surface area contributed by atoms with E-state index in [0.717, 1.165) is 29.9 Å². The molecule has 1 N–H and O–H groups in total. The number of carbonyl (C=O) groups excluding carboxylic acids is 1. The number of carbonyl (C=O) groups is 1. The van der Waals surface area contributed by atoms with Crippen LogP contribution in [0.15, 0.2) is 54.9 Å². The van der Waals surface area contributed by atoms with Gasteiger partial charge in [-0.15, -0.1) is 0 Å². The van der Waals surface area contributed by atoms with Gasteiger partial charge >= 0.3 is 0 Å². The molecule has 3 heterocycles. The number of rotatable bonds is 5. The van der Waals surface area contributed by atoms with Gasteiger partial charge in [0.15, 0.2) is 0 Å². The molecular formula is C24H26FN5O. The average Bonchev–Trinajstić information content (AvgIpc) is 2.79. The van der Waals surface area contributed by atoms with Crippen molar-refractivity contribution < 1.29 is 9.18 Å². The summed E-state index contributed by atoms with van der Waals surface area (Å²) in [4.78, 5) is 28.0. The maximum Gasteiger partial charge on any atom is 0.225 e. The molecule has 6 nitrogen and oxygen atoms in total. The summed E-state index contributed by atoms with van der Waals surface area (Å²) in [5, 5.41) is 3.20. The fourth-order valence-electron chi connectivity index (χ4n) is 3.81. The lowest BCUT2D eigenvalue weighted by Gasteiger charge is -2.32. The quantitative estimate of drug-likeness (QED) is 0.644. The van der Waals surface area contributed by atoms with Gasteiger partial charge in [0, 0.05) is 54.6 Å². The molecule has 0 atom stereocenters. The average molecular weight is 420 g/mol. The van der Waals surface area contributed by atoms with Crippen LogP contribution in [-0.2, 0) is 4.79 Å². The maximum absolute atomic E-state index is 13.6. The van der Waals surface area contributed by atoms with E-state index in [1.165, 1.54) is 12.1 Å². The van der Waals surface area contributed by atoms with E-state index in [2.05, 4.69) is 10.3 Å². The highest BCUT2D eigenvalue weighted by atomic mass is 19.1. The van der Waals surface area contributed by atoms with Gasteiger partial charge in [0.1, 0.15) is 17.5 Å². The molecule has 1 fully saturated rings. The van der Waals surface area contributed by atoms with E-state index in [1.54, 1.807) is 24.5 Å². The second kappa shape index (κ2) is 9.20. The zero-order valence-corrected chi connectivity index (χ0v) is 17.8. The number of nitrogens with one attached hydrogen (secondary N) is 1. The summed E-state index contributed by atoms with van der Waals surface area (Å²) in [5.74, 6) is 1.38. The van der Waals surface area contributed by atoms with E-state index in [-0.39, 0.29) is 23.6 Å². The second-order valence-electron chi connectivity index (χ2n) is 8.13. The summed E-state index contributed by atoms with van der Waals surface area (Å²) in [6.45, 7) is 5.27. The molecule has 3 aromatic rings. The van der Waals surface area contributed by atoms with Crippen LogP contribution in [0.2, 0.25) is 0 Å². The third-order valence-corrected chi connectivity index (χ3v) is 5.46. The van der Waals surface area contributed by atoms with Crippen molar-refractivity contribution in [3.8, 4) is 11.3 Å². The van der Waals surface area contributed by atoms with E-state index >= 15 is 0 Å². The van der Waals surface area contributed by atoms with Gasteiger partial charge in [-0.3, -0.25) is 9.78 Å². The molecule has 160 valence electrons. The van der Waals surface area contributed by atoms with Crippen molar-refractivity contribution >= 4 is 17.4 Å². The number of halogens is 1. The number of pyridine rings is 1. The third-order valence-electron chi connectivity index (χ3n) is 5.46. The largest absolute Gasteiger partial charge is 0.342 e. The Morgan fingerprint density at radius 3 is 2.61 bits per heavy atom. The van der Waals surface area contributed by atoms with Gasteiger partial charge in [-0.05, 0) is 43.2 Å². The number of anilines is 2. The van der Waals surface area contributed by atoms with Gasteiger partial charge < -0.3 is 10.2 Å². The Balaban J connectivity index is 1.62. The van der Waals surface area contributed by atoms with E-state index in [0.29, 0.717) is 24.6 Å². The van der Waals surface area contributed by atoms with Crippen molar-refractivity contribution in [3.63, 3.8) is 0 Å². The van der Waals surface area contributed by atoms with Crippen LogP contribution in [0.4, 0.5) is 15.9 Å². The van der Waals surface area contributed by atoms with Crippen molar-refractivity contribution in [3.05, 3.63) is 66.5 Å². The first-order valence-corrected chi connectivity index (χ1v) is 10.6. The number of amides is 1. The normalized spacial score (nSPS) is 14.6. The number of hydrogen-bond acceptors (Lipinski definition) is 5. The molecule has 0 saturated carbocycles. The maximum atomic E-state index is 13.6. The van der Waals surface area contributed by atoms with Crippen molar-refractivity contribution in [2.75, 3.05) is 18.4 Å². The Morgan fingerprint density at radius 1 is 1.13 bits per heavy atom. The molecule has 1 aliphatic rings. The predicted octanol–water partition coefficient (Wildman–Crippen LogP) is 4.78. The van der Waals surface area contributed by atoms with Gasteiger partial charge in [-0.2, -0.15) is 0 Å². The monoisotopic (exact) mass is 419 g/mol. The number of aromatic nitrogens is 3. The molecule has 1 saturated heterocycles. The van der Waals surface area contributed by atoms with Gasteiger partial charge in [-0.1, -0.05) is 19.9 Å². The minimum absolute atomic E-state index is 0.00350. The van der Waals surface area contributed by atoms with Crippen molar-refractivity contribution in [2.24, 2.45) is 5.92 Å². The summed E-state index contributed by atoms with van der Waals surface area (Å²) >= 11 is 0. The van der Waals surface area contributed by atoms with Crippen LogP contribution in [0.5, 0.6) is 0 Å². The number of likely N-dealkylation sites (tertiary alicyclic amines) is 1. The van der Waals surface area contributed by atoms with Crippen molar-refractivity contribution in [1.82, 2.24) is 19.9 Å². The molecule has 0 spiro atoms. The molecule has 1 aromatic carbocycles. The lowest BCUT2D eigenvalue weighted by molar-refractivity contribution is -0.135. The van der Waals surface area contributed by atoms with Gasteiger partial charge in [0.25, 0.3) is 0 Å². The van der Waals surface area contributed by atoms with Crippen LogP contribution in [0.25, 0.3) is 11.3 Å². The minimum Gasteiger partial charge on any atom is -0.342 e. The zero-order valence-electron chi connectivity index (χ0n) is 17.8. The Morgan fingerprint density at radius 2 is 1.94 bits per heavy atom. The number of hydrogen-bond donors (Lipinski definition) is 1. The molecule has 0 bridgehead atoms.